The fraction of sp³-hybridized carbons (Fsp3) is 0.0476. The smallest absolute Gasteiger partial charge is 0.392 e. The number of hydrogen-bond acceptors (Lipinski definition) is 9. The van der Waals surface area contributed by atoms with Crippen LogP contribution in [-0.4, -0.2) is 52.0 Å². The highest BCUT2D eigenvalue weighted by Crippen LogP contribution is 2.50. The minimum absolute atomic E-state index is 0.0160. The van der Waals surface area contributed by atoms with Crippen molar-refractivity contribution in [2.45, 2.75) is 6.42 Å². The summed E-state index contributed by atoms with van der Waals surface area (Å²) in [5.74, 6) is 5.67. The lowest BCUT2D eigenvalue weighted by Crippen LogP contribution is -2.48. The molecule has 0 radical (unpaired) electrons. The van der Waals surface area contributed by atoms with Crippen molar-refractivity contribution in [3.8, 4) is 12.3 Å². The number of fused-ring (bicyclic) bond motifs is 14. The van der Waals surface area contributed by atoms with Crippen LogP contribution in [-0.2, 0) is 12.7 Å². The Bertz CT molecular complexity index is 3010. The van der Waals surface area contributed by atoms with Gasteiger partial charge < -0.3 is 15.2 Å². The van der Waals surface area contributed by atoms with Crippen molar-refractivity contribution in [3.63, 3.8) is 0 Å². The van der Waals surface area contributed by atoms with E-state index in [1.165, 1.54) is 0 Å². The summed E-state index contributed by atoms with van der Waals surface area (Å²) in [5.41, 5.74) is 4.45. The lowest BCUT2D eigenvalue weighted by molar-refractivity contribution is 0.278. The minimum Gasteiger partial charge on any atom is -0.392 e. The SMILES string of the molecule is C#CCCOP(=O)([O][Al]1[n]2c3c4ccccc4c2N=C2N=C(N=c4c5ccccc5c([n]41)=NC1=NC(=N3)c3ccccc31)c1ccccc12)c1ccccc1. The van der Waals surface area contributed by atoms with Crippen LogP contribution in [0.15, 0.2) is 157 Å². The number of terminal acetylenes is 1. The molecule has 0 amide bonds. The third-order valence-electron chi connectivity index (χ3n) is 10.1. The van der Waals surface area contributed by atoms with Crippen LogP contribution in [0, 0.1) is 12.3 Å². The first kappa shape index (κ1) is 32.2. The molecule has 0 saturated carbocycles. The molecule has 0 N–H and O–H groups in total. The minimum atomic E-state index is -4.14. The summed E-state index contributed by atoms with van der Waals surface area (Å²) in [6.45, 7) is 0.0160. The first-order valence-electron chi connectivity index (χ1n) is 17.8. The Labute approximate surface area is 318 Å². The number of amidine groups is 4. The summed E-state index contributed by atoms with van der Waals surface area (Å²) in [6.07, 6.45) is 5.90. The van der Waals surface area contributed by atoms with Crippen LogP contribution in [0.5, 0.6) is 0 Å². The molecule has 5 aromatic carbocycles. The van der Waals surface area contributed by atoms with Gasteiger partial charge in [0.2, 0.25) is 0 Å². The molecule has 7 aromatic rings. The highest BCUT2D eigenvalue weighted by Gasteiger charge is 2.48. The highest BCUT2D eigenvalue weighted by atomic mass is 31.2. The summed E-state index contributed by atoms with van der Waals surface area (Å²) in [7, 11) is -4.14. The van der Waals surface area contributed by atoms with Gasteiger partial charge >= 0.3 is 22.5 Å². The van der Waals surface area contributed by atoms with Crippen LogP contribution < -0.4 is 16.3 Å². The van der Waals surface area contributed by atoms with E-state index in [4.69, 9.17) is 44.5 Å². The van der Waals surface area contributed by atoms with Gasteiger partial charge in [0.05, 0.1) is 11.9 Å². The number of hydrogen-bond donors (Lipinski definition) is 0. The van der Waals surface area contributed by atoms with Crippen LogP contribution in [0.4, 0.5) is 11.6 Å². The molecular formula is C42H26AlN8O3P. The summed E-state index contributed by atoms with van der Waals surface area (Å²) >= 11 is -3.50. The molecule has 0 aliphatic carbocycles. The van der Waals surface area contributed by atoms with Crippen molar-refractivity contribution in [2.24, 2.45) is 30.0 Å². The van der Waals surface area contributed by atoms with Crippen molar-refractivity contribution in [1.29, 1.82) is 0 Å². The number of nitrogens with zero attached hydrogens (tertiary/aromatic N) is 8. The molecule has 0 fully saturated rings. The zero-order chi connectivity index (χ0) is 36.7. The summed E-state index contributed by atoms with van der Waals surface area (Å²) in [4.78, 5) is 31.5. The molecule has 4 aliphatic heterocycles. The first-order valence-corrected chi connectivity index (χ1v) is 20.8. The molecule has 6 heterocycles. The highest BCUT2D eigenvalue weighted by molar-refractivity contribution is 7.63. The second-order valence-electron chi connectivity index (χ2n) is 13.2. The van der Waals surface area contributed by atoms with E-state index in [1.54, 1.807) is 12.1 Å². The Kier molecular flexibility index (Phi) is 7.23. The number of aromatic nitrogens is 2. The molecule has 11 rings (SSSR count). The van der Waals surface area contributed by atoms with Gasteiger partial charge in [0.15, 0.2) is 23.3 Å². The fourth-order valence-corrected chi connectivity index (χ4v) is 13.0. The molecule has 55 heavy (non-hydrogen) atoms. The van der Waals surface area contributed by atoms with E-state index >= 15 is 4.57 Å². The van der Waals surface area contributed by atoms with E-state index in [9.17, 15) is 0 Å². The average Bonchev–Trinajstić information content (AvgIpc) is 3.94. The molecule has 1 atom stereocenters. The van der Waals surface area contributed by atoms with Gasteiger partial charge in [0, 0.05) is 50.2 Å². The second kappa shape index (κ2) is 12.4. The summed E-state index contributed by atoms with van der Waals surface area (Å²) in [5, 5.41) is 3.63. The van der Waals surface area contributed by atoms with Crippen LogP contribution >= 0.6 is 7.60 Å². The fourth-order valence-electron chi connectivity index (χ4n) is 7.61. The van der Waals surface area contributed by atoms with E-state index in [1.807, 2.05) is 122 Å². The van der Waals surface area contributed by atoms with E-state index in [0.29, 0.717) is 51.3 Å². The molecule has 0 spiro atoms. The topological polar surface area (TPSA) is 120 Å². The average molecular weight is 749 g/mol. The quantitative estimate of drug-likeness (QED) is 0.0837. The van der Waals surface area contributed by atoms with Gasteiger partial charge in [-0.2, -0.15) is 0 Å². The molecule has 4 aliphatic rings. The summed E-state index contributed by atoms with van der Waals surface area (Å²) in [6, 6.07) is 40.8. The van der Waals surface area contributed by atoms with E-state index < -0.39 is 22.5 Å². The zero-order valence-corrected chi connectivity index (χ0v) is 31.0. The van der Waals surface area contributed by atoms with Crippen molar-refractivity contribution < 1.29 is 12.7 Å². The Morgan fingerprint density at radius 3 is 1.47 bits per heavy atom. The van der Waals surface area contributed by atoms with E-state index in [-0.39, 0.29) is 13.0 Å². The molecule has 0 saturated heterocycles. The Morgan fingerprint density at radius 2 is 0.982 bits per heavy atom. The number of rotatable bonds is 6. The Hall–Kier alpha value is -6.30. The molecule has 1 unspecified atom stereocenters. The largest absolute Gasteiger partial charge is 0.817 e. The molecule has 2 aromatic heterocycles. The number of aliphatic imine (C=N–C) groups is 4. The third-order valence-corrected chi connectivity index (χ3v) is 15.3. The van der Waals surface area contributed by atoms with Gasteiger partial charge in [-0.3, -0.25) is 4.57 Å². The number of benzene rings is 5. The van der Waals surface area contributed by atoms with Gasteiger partial charge in [0.1, 0.15) is 22.6 Å². The predicted molar refractivity (Wildman–Crippen MR) is 215 cm³/mol. The maximum absolute atomic E-state index is 15.6. The van der Waals surface area contributed by atoms with Crippen LogP contribution in [0.25, 0.3) is 21.5 Å². The molecular weight excluding hydrogens is 722 g/mol. The van der Waals surface area contributed by atoms with Gasteiger partial charge in [-0.1, -0.05) is 115 Å². The molecule has 260 valence electrons. The van der Waals surface area contributed by atoms with E-state index in [2.05, 4.69) is 5.92 Å². The van der Waals surface area contributed by atoms with Crippen molar-refractivity contribution >= 4 is 84.3 Å². The van der Waals surface area contributed by atoms with Gasteiger partial charge in [-0.25, -0.2) is 30.0 Å². The summed E-state index contributed by atoms with van der Waals surface area (Å²) < 4.78 is 33.1. The second-order valence-corrected chi connectivity index (χ2v) is 17.5. The van der Waals surface area contributed by atoms with Gasteiger partial charge in [-0.05, 0) is 12.1 Å². The monoisotopic (exact) mass is 748 g/mol. The molecule has 6 bridgehead atoms. The molecule has 13 heteroatoms. The standard InChI is InChI=1S/C32H16N8.C10H11O3P.Al/c1-2-10-18-17(9-1)25-33-26(18)38-28-21-13-5-6-14-22(21)30(35-28)40-32-24-16-8-7-15-23(24)31(36-32)39-29-20-12-4-3-11-19(20)27(34-29)37-25;1-2-3-9-13-14(11,12)10-7-5-4-6-8-10;/h1-16H;1,4-8H,3,9H2,(H,11,12);/q-2;;+3/p-1. The lowest BCUT2D eigenvalue weighted by atomic mass is 10.1. The van der Waals surface area contributed by atoms with E-state index in [0.717, 1.165) is 43.8 Å². The van der Waals surface area contributed by atoms with Gasteiger partial charge in [0.25, 0.3) is 0 Å². The Morgan fingerprint density at radius 1 is 0.545 bits per heavy atom. The van der Waals surface area contributed by atoms with Crippen LogP contribution in [0.3, 0.4) is 0 Å². The third kappa shape index (κ3) is 4.89. The predicted octanol–water partition coefficient (Wildman–Crippen LogP) is 6.50. The van der Waals surface area contributed by atoms with Crippen molar-refractivity contribution in [3.05, 3.63) is 161 Å². The Balaban J connectivity index is 1.36. The normalized spacial score (nSPS) is 15.7. The van der Waals surface area contributed by atoms with Gasteiger partial charge in [-0.15, -0.1) is 12.3 Å². The van der Waals surface area contributed by atoms with Crippen molar-refractivity contribution in [1.82, 2.24) is 7.10 Å². The van der Waals surface area contributed by atoms with Crippen LogP contribution in [0.2, 0.25) is 0 Å². The lowest BCUT2D eigenvalue weighted by Gasteiger charge is -2.25. The maximum Gasteiger partial charge on any atom is 0.817 e. The van der Waals surface area contributed by atoms with Crippen LogP contribution in [0.1, 0.15) is 28.7 Å². The molecule has 11 nitrogen and oxygen atoms in total. The zero-order valence-electron chi connectivity index (χ0n) is 28.9. The maximum atomic E-state index is 15.6. The first-order chi connectivity index (χ1) is 27.1. The van der Waals surface area contributed by atoms with Crippen molar-refractivity contribution in [2.75, 3.05) is 6.61 Å².